The molecule has 0 aliphatic carbocycles. The molecule has 2 aromatic carbocycles. The highest BCUT2D eigenvalue weighted by Gasteiger charge is 2.30. The Morgan fingerprint density at radius 2 is 1.77 bits per heavy atom. The van der Waals surface area contributed by atoms with Gasteiger partial charge in [0.05, 0.1) is 19.8 Å². The number of carbonyl (C=O) groups excluding carboxylic acids is 1. The van der Waals surface area contributed by atoms with Crippen LogP contribution in [-0.4, -0.2) is 67.2 Å². The Hall–Kier alpha value is -2.41. The number of benzene rings is 2. The molecule has 31 heavy (non-hydrogen) atoms. The van der Waals surface area contributed by atoms with Crippen molar-refractivity contribution >= 4 is 5.91 Å². The van der Waals surface area contributed by atoms with Crippen LogP contribution in [0.5, 0.6) is 5.75 Å². The number of morpholine rings is 1. The van der Waals surface area contributed by atoms with Crippen LogP contribution < -0.4 is 10.1 Å². The van der Waals surface area contributed by atoms with Crippen LogP contribution in [0.1, 0.15) is 31.1 Å². The van der Waals surface area contributed by atoms with E-state index in [-0.39, 0.29) is 17.6 Å². The molecule has 0 saturated carbocycles. The van der Waals surface area contributed by atoms with Crippen molar-refractivity contribution in [1.82, 2.24) is 15.1 Å². The lowest BCUT2D eigenvalue weighted by Gasteiger charge is -2.41. The monoisotopic (exact) mass is 423 g/mol. The summed E-state index contributed by atoms with van der Waals surface area (Å²) in [6.45, 7) is 10.0. The van der Waals surface area contributed by atoms with E-state index in [0.717, 1.165) is 43.2 Å². The fourth-order valence-corrected chi connectivity index (χ4v) is 4.30. The standard InChI is InChI=1S/C25H33N3O3/c1-25(2,28-12-14-30-15-13-28)19-26-24(29)18-27-16-21-10-6-7-11-22(21)31-23(17-27)20-8-4-3-5-9-20/h3-11,23H,12-19H2,1-2H3,(H,26,29). The zero-order valence-corrected chi connectivity index (χ0v) is 18.5. The molecular weight excluding hydrogens is 390 g/mol. The third-order valence-corrected chi connectivity index (χ3v) is 6.18. The van der Waals surface area contributed by atoms with Gasteiger partial charge < -0.3 is 14.8 Å². The minimum Gasteiger partial charge on any atom is -0.484 e. The molecule has 6 heteroatoms. The van der Waals surface area contributed by atoms with Gasteiger partial charge in [-0.3, -0.25) is 14.6 Å². The van der Waals surface area contributed by atoms with Crippen LogP contribution >= 0.6 is 0 Å². The summed E-state index contributed by atoms with van der Waals surface area (Å²) in [6.07, 6.45) is -0.109. The molecular formula is C25H33N3O3. The normalized spacial score (nSPS) is 20.4. The van der Waals surface area contributed by atoms with Gasteiger partial charge in [-0.05, 0) is 25.5 Å². The summed E-state index contributed by atoms with van der Waals surface area (Å²) in [5.41, 5.74) is 2.14. The number of fused-ring (bicyclic) bond motifs is 1. The highest BCUT2D eigenvalue weighted by atomic mass is 16.5. The molecule has 1 saturated heterocycles. The number of amides is 1. The third-order valence-electron chi connectivity index (χ3n) is 6.18. The Morgan fingerprint density at radius 1 is 1.06 bits per heavy atom. The number of para-hydroxylation sites is 1. The first-order valence-electron chi connectivity index (χ1n) is 11.1. The van der Waals surface area contributed by atoms with Crippen molar-refractivity contribution in [2.75, 3.05) is 45.9 Å². The highest BCUT2D eigenvalue weighted by Crippen LogP contribution is 2.30. The van der Waals surface area contributed by atoms with E-state index >= 15 is 0 Å². The molecule has 0 bridgehead atoms. The van der Waals surface area contributed by atoms with Crippen molar-refractivity contribution in [3.63, 3.8) is 0 Å². The summed E-state index contributed by atoms with van der Waals surface area (Å²) in [6, 6.07) is 18.3. The maximum atomic E-state index is 12.9. The number of hydrogen-bond acceptors (Lipinski definition) is 5. The minimum absolute atomic E-state index is 0.0486. The first-order valence-corrected chi connectivity index (χ1v) is 11.1. The van der Waals surface area contributed by atoms with E-state index in [1.54, 1.807) is 0 Å². The van der Waals surface area contributed by atoms with Gasteiger partial charge in [0.1, 0.15) is 11.9 Å². The SMILES string of the molecule is CC(C)(CNC(=O)CN1Cc2ccccc2OC(c2ccccc2)C1)N1CCOCC1. The third kappa shape index (κ3) is 5.64. The lowest BCUT2D eigenvalue weighted by Crippen LogP contribution is -2.56. The van der Waals surface area contributed by atoms with Gasteiger partial charge in [0.25, 0.3) is 0 Å². The molecule has 0 aromatic heterocycles. The van der Waals surface area contributed by atoms with Gasteiger partial charge in [0.2, 0.25) is 5.91 Å². The Balaban J connectivity index is 1.41. The zero-order chi connectivity index (χ0) is 21.7. The first kappa shape index (κ1) is 21.8. The van der Waals surface area contributed by atoms with Crippen LogP contribution in [0, 0.1) is 0 Å². The van der Waals surface area contributed by atoms with Gasteiger partial charge >= 0.3 is 0 Å². The molecule has 0 spiro atoms. The molecule has 2 aromatic rings. The molecule has 1 N–H and O–H groups in total. The fraction of sp³-hybridized carbons (Fsp3) is 0.480. The van der Waals surface area contributed by atoms with E-state index < -0.39 is 0 Å². The van der Waals surface area contributed by atoms with E-state index in [2.05, 4.69) is 47.2 Å². The Bertz CT molecular complexity index is 865. The molecule has 1 atom stereocenters. The van der Waals surface area contributed by atoms with Gasteiger partial charge in [0, 0.05) is 43.8 Å². The lowest BCUT2D eigenvalue weighted by molar-refractivity contribution is -0.123. The van der Waals surface area contributed by atoms with E-state index in [9.17, 15) is 4.79 Å². The summed E-state index contributed by atoms with van der Waals surface area (Å²) in [5, 5.41) is 3.16. The molecule has 4 rings (SSSR count). The van der Waals surface area contributed by atoms with Crippen LogP contribution in [0.2, 0.25) is 0 Å². The summed E-state index contributed by atoms with van der Waals surface area (Å²) >= 11 is 0. The Kier molecular flexibility index (Phi) is 6.90. The fourth-order valence-electron chi connectivity index (χ4n) is 4.30. The average Bonchev–Trinajstić information content (AvgIpc) is 2.98. The number of hydrogen-bond donors (Lipinski definition) is 1. The zero-order valence-electron chi connectivity index (χ0n) is 18.5. The molecule has 6 nitrogen and oxygen atoms in total. The van der Waals surface area contributed by atoms with Crippen LogP contribution in [-0.2, 0) is 16.1 Å². The second-order valence-corrected chi connectivity index (χ2v) is 8.98. The van der Waals surface area contributed by atoms with Crippen molar-refractivity contribution in [3.8, 4) is 5.75 Å². The van der Waals surface area contributed by atoms with Crippen LogP contribution in [0.15, 0.2) is 54.6 Å². The van der Waals surface area contributed by atoms with Crippen molar-refractivity contribution < 1.29 is 14.3 Å². The van der Waals surface area contributed by atoms with Gasteiger partial charge in [-0.2, -0.15) is 0 Å². The minimum atomic E-state index is -0.109. The van der Waals surface area contributed by atoms with E-state index in [4.69, 9.17) is 9.47 Å². The topological polar surface area (TPSA) is 54.0 Å². The van der Waals surface area contributed by atoms with Gasteiger partial charge in [-0.1, -0.05) is 48.5 Å². The first-order chi connectivity index (χ1) is 15.0. The number of nitrogens with zero attached hydrogens (tertiary/aromatic N) is 2. The van der Waals surface area contributed by atoms with Gasteiger partial charge in [-0.25, -0.2) is 0 Å². The second kappa shape index (κ2) is 9.81. The Labute approximate surface area is 185 Å². The van der Waals surface area contributed by atoms with E-state index in [0.29, 0.717) is 26.2 Å². The maximum Gasteiger partial charge on any atom is 0.234 e. The Morgan fingerprint density at radius 3 is 2.55 bits per heavy atom. The number of nitrogens with one attached hydrogen (secondary N) is 1. The van der Waals surface area contributed by atoms with E-state index in [1.807, 2.05) is 36.4 Å². The molecule has 0 radical (unpaired) electrons. The van der Waals surface area contributed by atoms with Crippen LogP contribution in [0.3, 0.4) is 0 Å². The van der Waals surface area contributed by atoms with Crippen LogP contribution in [0.4, 0.5) is 0 Å². The van der Waals surface area contributed by atoms with E-state index in [1.165, 1.54) is 0 Å². The lowest BCUT2D eigenvalue weighted by atomic mass is 10.0. The molecule has 166 valence electrons. The molecule has 2 aliphatic rings. The number of carbonyl (C=O) groups is 1. The summed E-state index contributed by atoms with van der Waals surface area (Å²) in [7, 11) is 0. The van der Waals surface area contributed by atoms with Crippen LogP contribution in [0.25, 0.3) is 0 Å². The largest absolute Gasteiger partial charge is 0.484 e. The van der Waals surface area contributed by atoms with Crippen molar-refractivity contribution in [2.24, 2.45) is 0 Å². The summed E-state index contributed by atoms with van der Waals surface area (Å²) in [5.74, 6) is 0.945. The molecule has 1 fully saturated rings. The number of rotatable bonds is 6. The molecule has 2 aliphatic heterocycles. The quantitative estimate of drug-likeness (QED) is 0.774. The molecule has 1 amide bonds. The molecule has 1 unspecified atom stereocenters. The summed E-state index contributed by atoms with van der Waals surface area (Å²) in [4.78, 5) is 17.4. The average molecular weight is 424 g/mol. The van der Waals surface area contributed by atoms with Crippen molar-refractivity contribution in [1.29, 1.82) is 0 Å². The van der Waals surface area contributed by atoms with Crippen molar-refractivity contribution in [3.05, 3.63) is 65.7 Å². The van der Waals surface area contributed by atoms with Gasteiger partial charge in [0.15, 0.2) is 0 Å². The second-order valence-electron chi connectivity index (χ2n) is 8.98. The molecule has 2 heterocycles. The maximum absolute atomic E-state index is 12.9. The number of ether oxygens (including phenoxy) is 2. The highest BCUT2D eigenvalue weighted by molar-refractivity contribution is 5.78. The summed E-state index contributed by atoms with van der Waals surface area (Å²) < 4.78 is 11.8. The van der Waals surface area contributed by atoms with Crippen molar-refractivity contribution in [2.45, 2.75) is 32.0 Å². The smallest absolute Gasteiger partial charge is 0.234 e. The predicted octanol–water partition coefficient (Wildman–Crippen LogP) is 2.85. The predicted molar refractivity (Wildman–Crippen MR) is 121 cm³/mol. The van der Waals surface area contributed by atoms with Gasteiger partial charge in [-0.15, -0.1) is 0 Å².